The van der Waals surface area contributed by atoms with Gasteiger partial charge in [-0.2, -0.15) is 18.4 Å². The molecule has 0 amide bonds. The van der Waals surface area contributed by atoms with E-state index in [1.807, 2.05) is 49.4 Å². The van der Waals surface area contributed by atoms with Crippen molar-refractivity contribution in [3.8, 4) is 23.1 Å². The van der Waals surface area contributed by atoms with Gasteiger partial charge >= 0.3 is 6.18 Å². The molecule has 1 atom stereocenters. The molecule has 1 saturated heterocycles. The molecule has 4 nitrogen and oxygen atoms in total. The number of halogens is 3. The minimum Gasteiger partial charge on any atom is -0.472 e. The van der Waals surface area contributed by atoms with Crippen molar-refractivity contribution < 1.29 is 17.9 Å². The van der Waals surface area contributed by atoms with Gasteiger partial charge in [0.25, 0.3) is 0 Å². The van der Waals surface area contributed by atoms with Crippen molar-refractivity contribution in [3.63, 3.8) is 0 Å². The van der Waals surface area contributed by atoms with Crippen LogP contribution in [-0.2, 0) is 6.18 Å². The molecule has 158 valence electrons. The normalized spacial score (nSPS) is 16.2. The Labute approximate surface area is 178 Å². The van der Waals surface area contributed by atoms with Gasteiger partial charge in [0.05, 0.1) is 23.4 Å². The number of anilines is 1. The van der Waals surface area contributed by atoms with Crippen LogP contribution in [0.5, 0.6) is 5.88 Å². The molecule has 1 aromatic heterocycles. The standard InChI is InChI=1S/C24H20F3N3O/c1-16-4-2-3-5-21(16)17-6-8-22(18(12-17)13-28)30-11-10-20(15-30)31-23-9-7-19(14-29-23)24(25,26)27/h2-9,12,14,20H,10-11,15H2,1H3/t20-/m0/s1. The maximum Gasteiger partial charge on any atom is 0.417 e. The number of alkyl halides is 3. The lowest BCUT2D eigenvalue weighted by Crippen LogP contribution is -2.25. The van der Waals surface area contributed by atoms with Gasteiger partial charge in [-0.3, -0.25) is 0 Å². The average molecular weight is 423 g/mol. The Morgan fingerprint density at radius 2 is 1.94 bits per heavy atom. The average Bonchev–Trinajstić information content (AvgIpc) is 3.21. The number of benzene rings is 2. The molecule has 1 fully saturated rings. The van der Waals surface area contributed by atoms with Gasteiger partial charge in [-0.05, 0) is 41.8 Å². The zero-order chi connectivity index (χ0) is 22.0. The van der Waals surface area contributed by atoms with Crippen molar-refractivity contribution in [3.05, 3.63) is 77.5 Å². The van der Waals surface area contributed by atoms with Crippen LogP contribution in [0.25, 0.3) is 11.1 Å². The summed E-state index contributed by atoms with van der Waals surface area (Å²) in [5.41, 5.74) is 3.81. The molecule has 0 N–H and O–H groups in total. The fourth-order valence-electron chi connectivity index (χ4n) is 3.80. The highest BCUT2D eigenvalue weighted by atomic mass is 19.4. The molecular weight excluding hydrogens is 403 g/mol. The third-order valence-electron chi connectivity index (χ3n) is 5.41. The van der Waals surface area contributed by atoms with Gasteiger partial charge in [-0.25, -0.2) is 4.98 Å². The van der Waals surface area contributed by atoms with E-state index in [2.05, 4.69) is 16.0 Å². The van der Waals surface area contributed by atoms with Gasteiger partial charge in [-0.15, -0.1) is 0 Å². The van der Waals surface area contributed by atoms with E-state index < -0.39 is 11.7 Å². The summed E-state index contributed by atoms with van der Waals surface area (Å²) in [6.07, 6.45) is -3.17. The summed E-state index contributed by atoms with van der Waals surface area (Å²) in [7, 11) is 0. The highest BCUT2D eigenvalue weighted by Crippen LogP contribution is 2.32. The molecular formula is C24H20F3N3O. The van der Waals surface area contributed by atoms with E-state index in [9.17, 15) is 18.4 Å². The van der Waals surface area contributed by atoms with Crippen LogP contribution < -0.4 is 9.64 Å². The second-order valence-corrected chi connectivity index (χ2v) is 7.52. The van der Waals surface area contributed by atoms with E-state index in [0.29, 0.717) is 25.1 Å². The minimum atomic E-state index is -4.42. The predicted octanol–water partition coefficient (Wildman–Crippen LogP) is 5.61. The summed E-state index contributed by atoms with van der Waals surface area (Å²) >= 11 is 0. The number of aromatic nitrogens is 1. The summed E-state index contributed by atoms with van der Waals surface area (Å²) in [6.45, 7) is 3.25. The molecule has 0 bridgehead atoms. The van der Waals surface area contributed by atoms with Crippen molar-refractivity contribution in [1.82, 2.24) is 4.98 Å². The summed E-state index contributed by atoms with van der Waals surface area (Å²) in [4.78, 5) is 5.84. The molecule has 0 radical (unpaired) electrons. The fraction of sp³-hybridized carbons (Fsp3) is 0.250. The zero-order valence-corrected chi connectivity index (χ0v) is 16.9. The topological polar surface area (TPSA) is 49.1 Å². The molecule has 1 aliphatic heterocycles. The van der Waals surface area contributed by atoms with Gasteiger partial charge in [0.15, 0.2) is 0 Å². The molecule has 2 heterocycles. The monoisotopic (exact) mass is 423 g/mol. The predicted molar refractivity (Wildman–Crippen MR) is 112 cm³/mol. The molecule has 0 unspecified atom stereocenters. The van der Waals surface area contributed by atoms with Crippen LogP contribution >= 0.6 is 0 Å². The number of ether oxygens (including phenoxy) is 1. The summed E-state index contributed by atoms with van der Waals surface area (Å²) in [6, 6.07) is 18.3. The van der Waals surface area contributed by atoms with Crippen LogP contribution in [0.15, 0.2) is 60.8 Å². The molecule has 2 aromatic carbocycles. The highest BCUT2D eigenvalue weighted by Gasteiger charge is 2.31. The van der Waals surface area contributed by atoms with Crippen LogP contribution in [0.3, 0.4) is 0 Å². The van der Waals surface area contributed by atoms with E-state index in [0.717, 1.165) is 34.6 Å². The summed E-state index contributed by atoms with van der Waals surface area (Å²) in [5.74, 6) is 0.162. The van der Waals surface area contributed by atoms with Crippen LogP contribution in [-0.4, -0.2) is 24.2 Å². The van der Waals surface area contributed by atoms with E-state index in [1.165, 1.54) is 6.07 Å². The molecule has 4 rings (SSSR count). The smallest absolute Gasteiger partial charge is 0.417 e. The van der Waals surface area contributed by atoms with Crippen molar-refractivity contribution in [2.24, 2.45) is 0 Å². The van der Waals surface area contributed by atoms with Crippen molar-refractivity contribution in [2.45, 2.75) is 25.6 Å². The third-order valence-corrected chi connectivity index (χ3v) is 5.41. The fourth-order valence-corrected chi connectivity index (χ4v) is 3.80. The van der Waals surface area contributed by atoms with Crippen LogP contribution in [0.4, 0.5) is 18.9 Å². The minimum absolute atomic E-state index is 0.162. The van der Waals surface area contributed by atoms with Gasteiger partial charge in [0, 0.05) is 25.2 Å². The lowest BCUT2D eigenvalue weighted by atomic mass is 9.98. The first-order chi connectivity index (χ1) is 14.8. The van der Waals surface area contributed by atoms with Crippen LogP contribution in [0.1, 0.15) is 23.1 Å². The van der Waals surface area contributed by atoms with Gasteiger partial charge in [0.2, 0.25) is 5.88 Å². The number of hydrogen-bond acceptors (Lipinski definition) is 4. The van der Waals surface area contributed by atoms with E-state index >= 15 is 0 Å². The number of nitriles is 1. The van der Waals surface area contributed by atoms with Crippen molar-refractivity contribution in [2.75, 3.05) is 18.0 Å². The Kier molecular flexibility index (Phi) is 5.55. The van der Waals surface area contributed by atoms with E-state index in [1.54, 1.807) is 0 Å². The number of rotatable bonds is 4. The van der Waals surface area contributed by atoms with Gasteiger partial charge in [-0.1, -0.05) is 30.3 Å². The molecule has 7 heteroatoms. The second-order valence-electron chi connectivity index (χ2n) is 7.52. The first-order valence-corrected chi connectivity index (χ1v) is 9.90. The zero-order valence-electron chi connectivity index (χ0n) is 16.9. The van der Waals surface area contributed by atoms with E-state index in [-0.39, 0.29) is 12.0 Å². The number of nitrogens with zero attached hydrogens (tertiary/aromatic N) is 3. The third kappa shape index (κ3) is 4.48. The van der Waals surface area contributed by atoms with Crippen LogP contribution in [0, 0.1) is 18.3 Å². The van der Waals surface area contributed by atoms with Crippen molar-refractivity contribution >= 4 is 5.69 Å². The Morgan fingerprint density at radius 1 is 1.13 bits per heavy atom. The Morgan fingerprint density at radius 3 is 2.61 bits per heavy atom. The number of aryl methyl sites for hydroxylation is 1. The van der Waals surface area contributed by atoms with Crippen molar-refractivity contribution in [1.29, 1.82) is 5.26 Å². The molecule has 0 spiro atoms. The Bertz CT molecular complexity index is 1120. The quantitative estimate of drug-likeness (QED) is 0.548. The largest absolute Gasteiger partial charge is 0.472 e. The lowest BCUT2D eigenvalue weighted by molar-refractivity contribution is -0.137. The number of pyridine rings is 1. The lowest BCUT2D eigenvalue weighted by Gasteiger charge is -2.21. The summed E-state index contributed by atoms with van der Waals surface area (Å²) in [5, 5.41) is 9.70. The maximum atomic E-state index is 12.7. The molecule has 1 aliphatic rings. The first-order valence-electron chi connectivity index (χ1n) is 9.90. The summed E-state index contributed by atoms with van der Waals surface area (Å²) < 4.78 is 43.8. The molecule has 0 saturated carbocycles. The highest BCUT2D eigenvalue weighted by molar-refractivity contribution is 5.73. The molecule has 0 aliphatic carbocycles. The second kappa shape index (κ2) is 8.31. The first kappa shape index (κ1) is 20.7. The van der Waals surface area contributed by atoms with Gasteiger partial charge in [0.1, 0.15) is 12.2 Å². The number of hydrogen-bond donors (Lipinski definition) is 0. The van der Waals surface area contributed by atoms with E-state index in [4.69, 9.17) is 4.74 Å². The van der Waals surface area contributed by atoms with Crippen LogP contribution in [0.2, 0.25) is 0 Å². The maximum absolute atomic E-state index is 12.7. The molecule has 31 heavy (non-hydrogen) atoms. The Hall–Kier alpha value is -3.53. The Balaban J connectivity index is 1.48. The molecule has 3 aromatic rings. The van der Waals surface area contributed by atoms with Gasteiger partial charge < -0.3 is 9.64 Å². The SMILES string of the molecule is Cc1ccccc1-c1ccc(N2CC[C@H](Oc3ccc(C(F)(F)F)cn3)C2)c(C#N)c1.